The molecule has 0 aliphatic carbocycles. The Morgan fingerprint density at radius 1 is 1.61 bits per heavy atom. The number of carbonyl (C=O) groups excluding carboxylic acids is 1. The summed E-state index contributed by atoms with van der Waals surface area (Å²) in [5.74, 6) is 0.544. The summed E-state index contributed by atoms with van der Waals surface area (Å²) in [6.45, 7) is 3.59. The number of hydrogen-bond donors (Lipinski definition) is 3. The smallest absolute Gasteiger partial charge is 0.293 e. The van der Waals surface area contributed by atoms with Gasteiger partial charge in [-0.25, -0.2) is 4.98 Å². The number of nitrogens with one attached hydrogen (secondary N) is 2. The number of nitrogens with zero attached hydrogens (tertiary/aromatic N) is 3. The lowest BCUT2D eigenvalue weighted by molar-refractivity contribution is 0.0694. The van der Waals surface area contributed by atoms with Gasteiger partial charge in [0.1, 0.15) is 5.82 Å². The van der Waals surface area contributed by atoms with Crippen LogP contribution in [0.5, 0.6) is 0 Å². The molecule has 0 saturated carbocycles. The minimum atomic E-state index is -0.234. The Morgan fingerprint density at radius 2 is 2.44 bits per heavy atom. The van der Waals surface area contributed by atoms with E-state index in [-0.39, 0.29) is 18.3 Å². The highest BCUT2D eigenvalue weighted by molar-refractivity contribution is 5.90. The Hall–Kier alpha value is -1.47. The number of aromatic amines is 1. The minimum Gasteiger partial charge on any atom is -0.395 e. The van der Waals surface area contributed by atoms with Crippen molar-refractivity contribution in [2.24, 2.45) is 0 Å². The zero-order valence-electron chi connectivity index (χ0n) is 10.5. The quantitative estimate of drug-likeness (QED) is 0.645. The Morgan fingerprint density at radius 3 is 3.00 bits per heavy atom. The van der Waals surface area contributed by atoms with Crippen molar-refractivity contribution in [3.05, 3.63) is 11.6 Å². The molecule has 100 valence electrons. The van der Waals surface area contributed by atoms with Gasteiger partial charge in [-0.2, -0.15) is 0 Å². The van der Waals surface area contributed by atoms with Crippen LogP contribution < -0.4 is 5.32 Å². The van der Waals surface area contributed by atoms with Gasteiger partial charge in [-0.15, -0.1) is 5.10 Å². The average Bonchev–Trinajstić information content (AvgIpc) is 2.99. The highest BCUT2D eigenvalue weighted by Crippen LogP contribution is 2.08. The van der Waals surface area contributed by atoms with E-state index in [4.69, 9.17) is 5.11 Å². The van der Waals surface area contributed by atoms with E-state index in [2.05, 4.69) is 20.5 Å². The molecule has 7 heteroatoms. The fourth-order valence-electron chi connectivity index (χ4n) is 2.15. The monoisotopic (exact) mass is 253 g/mol. The van der Waals surface area contributed by atoms with Crippen molar-refractivity contribution in [2.75, 3.05) is 26.2 Å². The molecule has 1 aromatic rings. The van der Waals surface area contributed by atoms with Gasteiger partial charge >= 0.3 is 0 Å². The fraction of sp³-hybridized carbons (Fsp3) is 0.727. The molecule has 1 atom stereocenters. The van der Waals surface area contributed by atoms with Crippen LogP contribution in [0.15, 0.2) is 0 Å². The van der Waals surface area contributed by atoms with Crippen LogP contribution in [0.3, 0.4) is 0 Å². The van der Waals surface area contributed by atoms with Crippen molar-refractivity contribution in [1.29, 1.82) is 0 Å². The number of amides is 1. The Bertz CT molecular complexity index is 400. The largest absolute Gasteiger partial charge is 0.395 e. The maximum atomic E-state index is 12.2. The van der Waals surface area contributed by atoms with Gasteiger partial charge in [-0.3, -0.25) is 9.89 Å². The minimum absolute atomic E-state index is 0.0537. The van der Waals surface area contributed by atoms with E-state index in [0.29, 0.717) is 25.0 Å². The highest BCUT2D eigenvalue weighted by atomic mass is 16.3. The van der Waals surface area contributed by atoms with E-state index in [1.165, 1.54) is 0 Å². The molecule has 2 rings (SSSR count). The van der Waals surface area contributed by atoms with Gasteiger partial charge in [0.25, 0.3) is 5.91 Å². The summed E-state index contributed by atoms with van der Waals surface area (Å²) in [5.41, 5.74) is 0. The molecule has 1 aromatic heterocycles. The topological polar surface area (TPSA) is 94.1 Å². The van der Waals surface area contributed by atoms with Crippen LogP contribution in [0.4, 0.5) is 0 Å². The molecule has 1 aliphatic heterocycles. The molecular formula is C11H19N5O2. The van der Waals surface area contributed by atoms with Gasteiger partial charge < -0.3 is 15.3 Å². The second-order valence-electron chi connectivity index (χ2n) is 4.51. The van der Waals surface area contributed by atoms with Crippen LogP contribution in [0.2, 0.25) is 0 Å². The van der Waals surface area contributed by atoms with E-state index in [9.17, 15) is 4.79 Å². The third-order valence-corrected chi connectivity index (χ3v) is 3.05. The molecule has 1 fully saturated rings. The molecule has 0 spiro atoms. The summed E-state index contributed by atoms with van der Waals surface area (Å²) < 4.78 is 0. The lowest BCUT2D eigenvalue weighted by atomic mass is 10.2. The normalized spacial score (nSPS) is 19.1. The Balaban J connectivity index is 2.01. The first-order valence-corrected chi connectivity index (χ1v) is 6.23. The molecule has 1 unspecified atom stereocenters. The summed E-state index contributed by atoms with van der Waals surface area (Å²) in [7, 11) is 0. The second-order valence-corrected chi connectivity index (χ2v) is 4.51. The molecule has 3 N–H and O–H groups in total. The van der Waals surface area contributed by atoms with E-state index in [1.54, 1.807) is 11.8 Å². The number of aromatic nitrogens is 3. The number of aliphatic hydroxyl groups is 1. The van der Waals surface area contributed by atoms with Gasteiger partial charge in [0.15, 0.2) is 0 Å². The number of rotatable bonds is 5. The van der Waals surface area contributed by atoms with Crippen molar-refractivity contribution in [1.82, 2.24) is 25.4 Å². The standard InChI is InChI=1S/C11H19N5O2/c1-8-13-10(15-14-8)11(18)16(5-6-17)7-9-3-2-4-12-9/h9,12,17H,2-7H2,1H3,(H,13,14,15). The predicted molar refractivity (Wildman–Crippen MR) is 65.1 cm³/mol. The van der Waals surface area contributed by atoms with Crippen LogP contribution in [0.1, 0.15) is 29.3 Å². The molecule has 2 heterocycles. The molecule has 1 saturated heterocycles. The van der Waals surface area contributed by atoms with Crippen molar-refractivity contribution in [3.63, 3.8) is 0 Å². The Kier molecular flexibility index (Phi) is 4.27. The van der Waals surface area contributed by atoms with Gasteiger partial charge in [0.05, 0.1) is 6.61 Å². The number of H-pyrrole nitrogens is 1. The maximum absolute atomic E-state index is 12.2. The number of aliphatic hydroxyl groups excluding tert-OH is 1. The Labute approximate surface area is 106 Å². The molecule has 0 bridgehead atoms. The molecule has 0 radical (unpaired) electrons. The van der Waals surface area contributed by atoms with Crippen LogP contribution >= 0.6 is 0 Å². The van der Waals surface area contributed by atoms with Crippen molar-refractivity contribution in [3.8, 4) is 0 Å². The summed E-state index contributed by atoms with van der Waals surface area (Å²) in [6.07, 6.45) is 2.19. The maximum Gasteiger partial charge on any atom is 0.293 e. The van der Waals surface area contributed by atoms with E-state index in [0.717, 1.165) is 19.4 Å². The van der Waals surface area contributed by atoms with Crippen LogP contribution in [0.25, 0.3) is 0 Å². The summed E-state index contributed by atoms with van der Waals surface area (Å²) in [5, 5.41) is 18.9. The second kappa shape index (κ2) is 5.92. The summed E-state index contributed by atoms with van der Waals surface area (Å²) >= 11 is 0. The third-order valence-electron chi connectivity index (χ3n) is 3.05. The van der Waals surface area contributed by atoms with E-state index < -0.39 is 0 Å². The van der Waals surface area contributed by atoms with Crippen molar-refractivity contribution in [2.45, 2.75) is 25.8 Å². The molecule has 1 amide bonds. The summed E-state index contributed by atoms with van der Waals surface area (Å²) in [4.78, 5) is 17.8. The lowest BCUT2D eigenvalue weighted by Crippen LogP contribution is -2.42. The van der Waals surface area contributed by atoms with Gasteiger partial charge in [-0.1, -0.05) is 0 Å². The molecule has 1 aliphatic rings. The van der Waals surface area contributed by atoms with Gasteiger partial charge in [0.2, 0.25) is 5.82 Å². The number of aryl methyl sites for hydroxylation is 1. The lowest BCUT2D eigenvalue weighted by Gasteiger charge is -2.23. The summed E-state index contributed by atoms with van der Waals surface area (Å²) in [6, 6.07) is 0.306. The third kappa shape index (κ3) is 3.05. The first-order chi connectivity index (χ1) is 8.70. The van der Waals surface area contributed by atoms with E-state index >= 15 is 0 Å². The van der Waals surface area contributed by atoms with Crippen LogP contribution in [-0.2, 0) is 0 Å². The zero-order valence-corrected chi connectivity index (χ0v) is 10.5. The molecule has 0 aromatic carbocycles. The average molecular weight is 253 g/mol. The molecular weight excluding hydrogens is 234 g/mol. The number of carbonyl (C=O) groups is 1. The van der Waals surface area contributed by atoms with Gasteiger partial charge in [-0.05, 0) is 26.3 Å². The molecule has 7 nitrogen and oxygen atoms in total. The van der Waals surface area contributed by atoms with Crippen LogP contribution in [-0.4, -0.2) is 63.4 Å². The fourth-order valence-corrected chi connectivity index (χ4v) is 2.15. The first-order valence-electron chi connectivity index (χ1n) is 6.23. The number of hydrogen-bond acceptors (Lipinski definition) is 5. The van der Waals surface area contributed by atoms with Crippen LogP contribution in [0, 0.1) is 6.92 Å². The van der Waals surface area contributed by atoms with E-state index in [1.807, 2.05) is 0 Å². The predicted octanol–water partition coefficient (Wildman–Crippen LogP) is -0.700. The van der Waals surface area contributed by atoms with Crippen molar-refractivity contribution < 1.29 is 9.90 Å². The van der Waals surface area contributed by atoms with Crippen molar-refractivity contribution >= 4 is 5.91 Å². The SMILES string of the molecule is Cc1nc(C(=O)N(CCO)CC2CCCN2)n[nH]1. The van der Waals surface area contributed by atoms with Gasteiger partial charge in [0, 0.05) is 19.1 Å². The molecule has 18 heavy (non-hydrogen) atoms. The first kappa shape index (κ1) is 13.0. The zero-order chi connectivity index (χ0) is 13.0. The highest BCUT2D eigenvalue weighted by Gasteiger charge is 2.24.